The van der Waals surface area contributed by atoms with Crippen molar-refractivity contribution in [3.8, 4) is 0 Å². The van der Waals surface area contributed by atoms with E-state index in [2.05, 4.69) is 39.8 Å². The highest BCUT2D eigenvalue weighted by molar-refractivity contribution is 5.85. The molecule has 1 aromatic carbocycles. The quantitative estimate of drug-likeness (QED) is 0.773. The van der Waals surface area contributed by atoms with Crippen LogP contribution in [0, 0.1) is 0 Å². The SMILES string of the molecule is C[C@H]1OCCN[C@@H]1C(=O)NCc1cccc(CN2CCOCC2)c1.Cl.Cl. The Labute approximate surface area is 167 Å². The molecular weight excluding hydrogens is 377 g/mol. The van der Waals surface area contributed by atoms with Gasteiger partial charge in [-0.25, -0.2) is 0 Å². The van der Waals surface area contributed by atoms with Gasteiger partial charge in [-0.05, 0) is 18.1 Å². The van der Waals surface area contributed by atoms with E-state index in [0.717, 1.165) is 45.0 Å². The first-order chi connectivity index (χ1) is 11.7. The van der Waals surface area contributed by atoms with E-state index in [9.17, 15) is 4.79 Å². The van der Waals surface area contributed by atoms with Gasteiger partial charge in [0.25, 0.3) is 0 Å². The predicted octanol–water partition coefficient (Wildman–Crippen LogP) is 1.36. The van der Waals surface area contributed by atoms with Crippen molar-refractivity contribution < 1.29 is 14.3 Å². The van der Waals surface area contributed by atoms with Gasteiger partial charge >= 0.3 is 0 Å². The number of amides is 1. The smallest absolute Gasteiger partial charge is 0.240 e. The number of nitrogens with one attached hydrogen (secondary N) is 2. The Balaban J connectivity index is 0.00000169. The Hall–Kier alpha value is -0.890. The predicted molar refractivity (Wildman–Crippen MR) is 106 cm³/mol. The molecule has 0 unspecified atom stereocenters. The van der Waals surface area contributed by atoms with Crippen LogP contribution in [0.4, 0.5) is 0 Å². The topological polar surface area (TPSA) is 62.8 Å². The minimum Gasteiger partial charge on any atom is -0.379 e. The number of nitrogens with zero attached hydrogens (tertiary/aromatic N) is 1. The van der Waals surface area contributed by atoms with Gasteiger partial charge in [0.15, 0.2) is 0 Å². The second kappa shape index (κ2) is 11.7. The molecule has 6 nitrogen and oxygen atoms in total. The molecule has 3 rings (SSSR count). The monoisotopic (exact) mass is 405 g/mol. The van der Waals surface area contributed by atoms with Crippen LogP contribution in [0.25, 0.3) is 0 Å². The van der Waals surface area contributed by atoms with E-state index in [0.29, 0.717) is 13.2 Å². The summed E-state index contributed by atoms with van der Waals surface area (Å²) < 4.78 is 10.9. The summed E-state index contributed by atoms with van der Waals surface area (Å²) in [6, 6.07) is 8.15. The fourth-order valence-corrected chi connectivity index (χ4v) is 3.18. The summed E-state index contributed by atoms with van der Waals surface area (Å²) in [5.74, 6) is 0.000724. The van der Waals surface area contributed by atoms with Gasteiger partial charge in [-0.1, -0.05) is 24.3 Å². The van der Waals surface area contributed by atoms with Crippen LogP contribution in [0.2, 0.25) is 0 Å². The van der Waals surface area contributed by atoms with Crippen molar-refractivity contribution in [1.82, 2.24) is 15.5 Å². The molecule has 26 heavy (non-hydrogen) atoms. The number of carbonyl (C=O) groups is 1. The molecule has 148 valence electrons. The van der Waals surface area contributed by atoms with Gasteiger partial charge in [0.2, 0.25) is 5.91 Å². The lowest BCUT2D eigenvalue weighted by Crippen LogP contribution is -2.55. The van der Waals surface area contributed by atoms with Crippen molar-refractivity contribution in [2.45, 2.75) is 32.2 Å². The molecule has 2 aliphatic rings. The van der Waals surface area contributed by atoms with Crippen LogP contribution in [0.3, 0.4) is 0 Å². The second-order valence-electron chi connectivity index (χ2n) is 6.43. The van der Waals surface area contributed by atoms with Gasteiger partial charge in [-0.3, -0.25) is 9.69 Å². The number of ether oxygens (including phenoxy) is 2. The lowest BCUT2D eigenvalue weighted by atomic mass is 10.1. The van der Waals surface area contributed by atoms with E-state index < -0.39 is 0 Å². The first-order valence-electron chi connectivity index (χ1n) is 8.73. The van der Waals surface area contributed by atoms with Crippen molar-refractivity contribution in [2.24, 2.45) is 0 Å². The third-order valence-electron chi connectivity index (χ3n) is 4.57. The Kier molecular flexibility index (Phi) is 10.5. The minimum atomic E-state index is -0.268. The van der Waals surface area contributed by atoms with E-state index in [1.807, 2.05) is 6.92 Å². The minimum absolute atomic E-state index is 0. The average molecular weight is 406 g/mol. The molecule has 0 saturated carbocycles. The van der Waals surface area contributed by atoms with Crippen molar-refractivity contribution in [3.63, 3.8) is 0 Å². The van der Waals surface area contributed by atoms with Gasteiger partial charge in [-0.15, -0.1) is 24.8 Å². The van der Waals surface area contributed by atoms with Crippen LogP contribution in [0.5, 0.6) is 0 Å². The lowest BCUT2D eigenvalue weighted by Gasteiger charge is -2.29. The molecule has 2 atom stereocenters. The van der Waals surface area contributed by atoms with Crippen molar-refractivity contribution in [3.05, 3.63) is 35.4 Å². The zero-order valence-corrected chi connectivity index (χ0v) is 16.7. The van der Waals surface area contributed by atoms with Crippen LogP contribution < -0.4 is 10.6 Å². The maximum atomic E-state index is 12.3. The van der Waals surface area contributed by atoms with E-state index >= 15 is 0 Å². The van der Waals surface area contributed by atoms with E-state index in [1.165, 1.54) is 5.56 Å². The number of halogens is 2. The number of benzene rings is 1. The highest BCUT2D eigenvalue weighted by atomic mass is 35.5. The van der Waals surface area contributed by atoms with E-state index in [4.69, 9.17) is 9.47 Å². The Morgan fingerprint density at radius 3 is 2.69 bits per heavy atom. The van der Waals surface area contributed by atoms with Gasteiger partial charge in [0.05, 0.1) is 25.9 Å². The molecule has 1 amide bonds. The summed E-state index contributed by atoms with van der Waals surface area (Å²) in [6.07, 6.45) is -0.0913. The maximum absolute atomic E-state index is 12.3. The highest BCUT2D eigenvalue weighted by Gasteiger charge is 2.27. The van der Waals surface area contributed by atoms with E-state index in [1.54, 1.807) is 0 Å². The van der Waals surface area contributed by atoms with E-state index in [-0.39, 0.29) is 42.9 Å². The van der Waals surface area contributed by atoms with Crippen LogP contribution >= 0.6 is 24.8 Å². The maximum Gasteiger partial charge on any atom is 0.240 e. The molecule has 2 heterocycles. The first kappa shape index (κ1) is 23.1. The Morgan fingerprint density at radius 2 is 1.96 bits per heavy atom. The third kappa shape index (κ3) is 6.68. The summed E-state index contributed by atoms with van der Waals surface area (Å²) in [4.78, 5) is 14.7. The fraction of sp³-hybridized carbons (Fsp3) is 0.611. The van der Waals surface area contributed by atoms with Crippen LogP contribution in [0.1, 0.15) is 18.1 Å². The van der Waals surface area contributed by atoms with Crippen molar-refractivity contribution in [2.75, 3.05) is 39.5 Å². The molecule has 0 aromatic heterocycles. The molecule has 2 saturated heterocycles. The molecule has 2 fully saturated rings. The first-order valence-corrected chi connectivity index (χ1v) is 8.73. The molecule has 0 radical (unpaired) electrons. The van der Waals surface area contributed by atoms with Crippen LogP contribution in [-0.4, -0.2) is 62.4 Å². The van der Waals surface area contributed by atoms with Gasteiger partial charge in [0, 0.05) is 32.7 Å². The highest BCUT2D eigenvalue weighted by Crippen LogP contribution is 2.10. The number of hydrogen-bond donors (Lipinski definition) is 2. The largest absolute Gasteiger partial charge is 0.379 e. The third-order valence-corrected chi connectivity index (χ3v) is 4.57. The Morgan fingerprint density at radius 1 is 1.23 bits per heavy atom. The zero-order valence-electron chi connectivity index (χ0n) is 15.1. The van der Waals surface area contributed by atoms with Gasteiger partial charge in [-0.2, -0.15) is 0 Å². The Bertz CT molecular complexity index is 556. The lowest BCUT2D eigenvalue weighted by molar-refractivity contribution is -0.129. The molecule has 2 aliphatic heterocycles. The van der Waals surface area contributed by atoms with Gasteiger partial charge < -0.3 is 20.1 Å². The zero-order chi connectivity index (χ0) is 16.8. The van der Waals surface area contributed by atoms with Crippen LogP contribution in [0.15, 0.2) is 24.3 Å². The van der Waals surface area contributed by atoms with Crippen molar-refractivity contribution >= 4 is 30.7 Å². The molecular formula is C18H29Cl2N3O3. The van der Waals surface area contributed by atoms with Crippen molar-refractivity contribution in [1.29, 1.82) is 0 Å². The number of hydrogen-bond acceptors (Lipinski definition) is 5. The molecule has 0 spiro atoms. The standard InChI is InChI=1S/C18H27N3O3.2ClH/c1-14-17(19-5-8-24-14)18(22)20-12-15-3-2-4-16(11-15)13-21-6-9-23-10-7-21;;/h2-4,11,14,17,19H,5-10,12-13H2,1H3,(H,20,22);2*1H/t14-,17+;;/m1../s1. The summed E-state index contributed by atoms with van der Waals surface area (Å²) in [5.41, 5.74) is 2.40. The molecule has 1 aromatic rings. The molecule has 0 aliphatic carbocycles. The van der Waals surface area contributed by atoms with Gasteiger partial charge in [0.1, 0.15) is 6.04 Å². The fourth-order valence-electron chi connectivity index (χ4n) is 3.18. The summed E-state index contributed by atoms with van der Waals surface area (Å²) in [5, 5.41) is 6.23. The van der Waals surface area contributed by atoms with Crippen LogP contribution in [-0.2, 0) is 27.4 Å². The molecule has 0 bridgehead atoms. The number of morpholine rings is 2. The summed E-state index contributed by atoms with van der Waals surface area (Å²) >= 11 is 0. The summed E-state index contributed by atoms with van der Waals surface area (Å²) in [6.45, 7) is 8.36. The number of rotatable bonds is 5. The average Bonchev–Trinajstić information content (AvgIpc) is 2.61. The second-order valence-corrected chi connectivity index (χ2v) is 6.43. The normalized spacial score (nSPS) is 23.4. The molecule has 8 heteroatoms. The number of carbonyl (C=O) groups excluding carboxylic acids is 1. The molecule has 2 N–H and O–H groups in total. The summed E-state index contributed by atoms with van der Waals surface area (Å²) in [7, 11) is 0.